The van der Waals surface area contributed by atoms with Gasteiger partial charge in [0.05, 0.1) is 13.2 Å². The van der Waals surface area contributed by atoms with Gasteiger partial charge < -0.3 is 20.9 Å². The molecule has 0 amide bonds. The van der Waals surface area contributed by atoms with Gasteiger partial charge in [-0.25, -0.2) is 8.78 Å². The predicted octanol–water partition coefficient (Wildman–Crippen LogP) is 1.61. The highest BCUT2D eigenvalue weighted by molar-refractivity contribution is 9.10. The number of nitrogens with two attached hydrogens (primary N) is 1. The highest BCUT2D eigenvalue weighted by Crippen LogP contribution is 2.25. The number of oxime groups is 1. The van der Waals surface area contributed by atoms with Crippen molar-refractivity contribution in [3.05, 3.63) is 28.2 Å². The number of halogens is 3. The summed E-state index contributed by atoms with van der Waals surface area (Å²) in [5.41, 5.74) is 6.21. The molecule has 19 heavy (non-hydrogen) atoms. The van der Waals surface area contributed by atoms with Crippen molar-refractivity contribution in [2.24, 2.45) is 10.9 Å². The summed E-state index contributed by atoms with van der Waals surface area (Å²) in [6.45, 7) is -0.802. The number of rotatable bonds is 6. The Kier molecular flexibility index (Phi) is 5.97. The molecule has 8 heteroatoms. The lowest BCUT2D eigenvalue weighted by Gasteiger charge is -2.25. The fourth-order valence-corrected chi connectivity index (χ4v) is 2.00. The van der Waals surface area contributed by atoms with Gasteiger partial charge in [-0.1, -0.05) is 21.1 Å². The second kappa shape index (κ2) is 7.25. The second-order valence-electron chi connectivity index (χ2n) is 3.71. The molecular formula is C11H14BrF2N3O2. The molecule has 0 saturated heterocycles. The molecule has 0 aromatic heterocycles. The van der Waals surface area contributed by atoms with Crippen LogP contribution in [0.15, 0.2) is 27.8 Å². The third kappa shape index (κ3) is 4.32. The van der Waals surface area contributed by atoms with Crippen molar-refractivity contribution < 1.29 is 19.1 Å². The third-order valence-electron chi connectivity index (χ3n) is 2.41. The Bertz CT molecular complexity index is 458. The first kappa shape index (κ1) is 15.6. The van der Waals surface area contributed by atoms with Crippen LogP contribution in [0.3, 0.4) is 0 Å². The highest BCUT2D eigenvalue weighted by atomic mass is 79.9. The minimum Gasteiger partial charge on any atom is -0.409 e. The van der Waals surface area contributed by atoms with Crippen LogP contribution in [0.25, 0.3) is 0 Å². The summed E-state index contributed by atoms with van der Waals surface area (Å²) in [6, 6.07) is 4.77. The zero-order valence-corrected chi connectivity index (χ0v) is 11.5. The maximum atomic E-state index is 12.5. The number of alkyl halides is 2. The van der Waals surface area contributed by atoms with E-state index in [4.69, 9.17) is 16.0 Å². The van der Waals surface area contributed by atoms with Gasteiger partial charge in [0.15, 0.2) is 5.84 Å². The van der Waals surface area contributed by atoms with E-state index in [0.29, 0.717) is 15.7 Å². The monoisotopic (exact) mass is 337 g/mol. The molecule has 0 aliphatic carbocycles. The molecule has 0 atom stereocenters. The molecule has 106 valence electrons. The maximum Gasteiger partial charge on any atom is 0.255 e. The van der Waals surface area contributed by atoms with E-state index >= 15 is 0 Å². The maximum absolute atomic E-state index is 12.5. The number of hydrogen-bond donors (Lipinski definition) is 3. The summed E-state index contributed by atoms with van der Waals surface area (Å²) in [4.78, 5) is 1.28. The molecule has 4 N–H and O–H groups in total. The summed E-state index contributed by atoms with van der Waals surface area (Å²) in [7, 11) is 0. The second-order valence-corrected chi connectivity index (χ2v) is 4.62. The van der Waals surface area contributed by atoms with Gasteiger partial charge >= 0.3 is 0 Å². The molecule has 0 aliphatic heterocycles. The summed E-state index contributed by atoms with van der Waals surface area (Å²) in [5, 5.41) is 20.6. The number of amidine groups is 1. The Morgan fingerprint density at radius 3 is 2.68 bits per heavy atom. The fraction of sp³-hybridized carbons (Fsp3) is 0.364. The average molecular weight is 338 g/mol. The first-order valence-electron chi connectivity index (χ1n) is 5.41. The molecule has 0 aliphatic rings. The normalized spacial score (nSPS) is 11.9. The fourth-order valence-electron chi connectivity index (χ4n) is 1.64. The molecule has 1 aromatic rings. The molecule has 0 fully saturated rings. The molecule has 0 heterocycles. The summed E-state index contributed by atoms with van der Waals surface area (Å²) < 4.78 is 25.8. The zero-order chi connectivity index (χ0) is 14.4. The van der Waals surface area contributed by atoms with Gasteiger partial charge in [0.1, 0.15) is 0 Å². The van der Waals surface area contributed by atoms with Crippen LogP contribution in [0.5, 0.6) is 0 Å². The highest BCUT2D eigenvalue weighted by Gasteiger charge is 2.17. The number of benzene rings is 1. The molecular weight excluding hydrogens is 324 g/mol. The van der Waals surface area contributed by atoms with Crippen LogP contribution in [0.1, 0.15) is 5.56 Å². The topological polar surface area (TPSA) is 82.1 Å². The van der Waals surface area contributed by atoms with Crippen LogP contribution in [0, 0.1) is 0 Å². The quantitative estimate of drug-likeness (QED) is 0.319. The van der Waals surface area contributed by atoms with E-state index in [0.717, 1.165) is 0 Å². The van der Waals surface area contributed by atoms with E-state index < -0.39 is 13.0 Å². The molecule has 0 saturated carbocycles. The molecule has 0 radical (unpaired) electrons. The summed E-state index contributed by atoms with van der Waals surface area (Å²) in [5.74, 6) is -0.187. The Morgan fingerprint density at radius 2 is 2.16 bits per heavy atom. The van der Waals surface area contributed by atoms with Gasteiger partial charge in [-0.15, -0.1) is 0 Å². The lowest BCUT2D eigenvalue weighted by atomic mass is 10.1. The first-order valence-corrected chi connectivity index (χ1v) is 6.20. The third-order valence-corrected chi connectivity index (χ3v) is 2.90. The summed E-state index contributed by atoms with van der Waals surface area (Å²) in [6.07, 6.45) is -2.56. The number of aliphatic hydroxyl groups excluding tert-OH is 1. The minimum atomic E-state index is -2.56. The Labute approximate surface area is 117 Å². The van der Waals surface area contributed by atoms with Crippen molar-refractivity contribution in [1.82, 2.24) is 0 Å². The molecule has 1 aromatic carbocycles. The van der Waals surface area contributed by atoms with Crippen molar-refractivity contribution in [3.63, 3.8) is 0 Å². The van der Waals surface area contributed by atoms with E-state index in [2.05, 4.69) is 21.1 Å². The standard InChI is InChI=1S/C11H14BrF2N3O2/c12-7-1-2-9(8(5-7)11(15)16-19)17(3-4-18)6-10(13)14/h1-2,5,10,18-19H,3-4,6H2,(H2,15,16). The van der Waals surface area contributed by atoms with Gasteiger partial charge in [-0.2, -0.15) is 0 Å². The van der Waals surface area contributed by atoms with Crippen LogP contribution < -0.4 is 10.6 Å². The zero-order valence-electron chi connectivity index (χ0n) is 9.93. The Morgan fingerprint density at radius 1 is 1.47 bits per heavy atom. The van der Waals surface area contributed by atoms with Crippen LogP contribution in [-0.4, -0.2) is 42.3 Å². The number of aliphatic hydroxyl groups is 1. The van der Waals surface area contributed by atoms with E-state index in [1.165, 1.54) is 4.90 Å². The van der Waals surface area contributed by atoms with E-state index in [9.17, 15) is 8.78 Å². The predicted molar refractivity (Wildman–Crippen MR) is 72.0 cm³/mol. The van der Waals surface area contributed by atoms with Crippen LogP contribution in [0.2, 0.25) is 0 Å². The molecule has 0 spiro atoms. The summed E-state index contributed by atoms with van der Waals surface area (Å²) >= 11 is 3.22. The number of anilines is 1. The molecule has 0 unspecified atom stereocenters. The van der Waals surface area contributed by atoms with Crippen LogP contribution >= 0.6 is 15.9 Å². The van der Waals surface area contributed by atoms with Crippen molar-refractivity contribution in [2.45, 2.75) is 6.43 Å². The van der Waals surface area contributed by atoms with Gasteiger partial charge in [0, 0.05) is 22.3 Å². The van der Waals surface area contributed by atoms with Gasteiger partial charge in [0.25, 0.3) is 6.43 Å². The molecule has 0 bridgehead atoms. The smallest absolute Gasteiger partial charge is 0.255 e. The van der Waals surface area contributed by atoms with Crippen molar-refractivity contribution >= 4 is 27.5 Å². The Balaban J connectivity index is 3.21. The largest absolute Gasteiger partial charge is 0.409 e. The SMILES string of the molecule is N/C(=N/O)c1cc(Br)ccc1N(CCO)CC(F)F. The lowest BCUT2D eigenvalue weighted by molar-refractivity contribution is 0.153. The van der Waals surface area contributed by atoms with Gasteiger partial charge in [0.2, 0.25) is 0 Å². The van der Waals surface area contributed by atoms with Crippen molar-refractivity contribution in [2.75, 3.05) is 24.6 Å². The van der Waals surface area contributed by atoms with Gasteiger partial charge in [-0.05, 0) is 18.2 Å². The van der Waals surface area contributed by atoms with E-state index in [1.54, 1.807) is 18.2 Å². The van der Waals surface area contributed by atoms with Crippen LogP contribution in [0.4, 0.5) is 14.5 Å². The van der Waals surface area contributed by atoms with Crippen LogP contribution in [-0.2, 0) is 0 Å². The lowest BCUT2D eigenvalue weighted by Crippen LogP contribution is -2.33. The van der Waals surface area contributed by atoms with Crippen molar-refractivity contribution in [1.29, 1.82) is 0 Å². The van der Waals surface area contributed by atoms with Gasteiger partial charge in [-0.3, -0.25) is 0 Å². The van der Waals surface area contributed by atoms with E-state index in [-0.39, 0.29) is 19.0 Å². The first-order chi connectivity index (χ1) is 8.99. The minimum absolute atomic E-state index is 0.0255. The average Bonchev–Trinajstić information content (AvgIpc) is 2.36. The Hall–Kier alpha value is -1.41. The van der Waals surface area contributed by atoms with Crippen molar-refractivity contribution in [3.8, 4) is 0 Å². The number of nitrogens with zero attached hydrogens (tertiary/aromatic N) is 2. The van der Waals surface area contributed by atoms with E-state index in [1.807, 2.05) is 0 Å². The molecule has 1 rings (SSSR count). The molecule has 5 nitrogen and oxygen atoms in total. The number of hydrogen-bond acceptors (Lipinski definition) is 4.